The molecule has 0 spiro atoms. The molecular formula is C17H17Cl3N4OS. The molecule has 1 aromatic carbocycles. The van der Waals surface area contributed by atoms with Crippen LogP contribution in [0.3, 0.4) is 0 Å². The molecule has 1 aliphatic rings. The number of benzene rings is 1. The van der Waals surface area contributed by atoms with Crippen molar-refractivity contribution in [2.75, 3.05) is 5.32 Å². The number of nitrogens with zero attached hydrogens (tertiary/aromatic N) is 3. The highest BCUT2D eigenvalue weighted by atomic mass is 35.5. The maximum absolute atomic E-state index is 12.5. The molecule has 0 aliphatic heterocycles. The third-order valence-corrected chi connectivity index (χ3v) is 6.03. The molecule has 1 saturated carbocycles. The van der Waals surface area contributed by atoms with Crippen molar-refractivity contribution in [3.63, 3.8) is 0 Å². The smallest absolute Gasteiger partial charge is 0.237 e. The topological polar surface area (TPSA) is 59.8 Å². The van der Waals surface area contributed by atoms with Crippen LogP contribution in [0.2, 0.25) is 15.1 Å². The fraction of sp³-hybridized carbons (Fsp3) is 0.353. The van der Waals surface area contributed by atoms with Crippen LogP contribution in [0.5, 0.6) is 0 Å². The van der Waals surface area contributed by atoms with E-state index in [0.29, 0.717) is 38.4 Å². The molecule has 1 heterocycles. The average Bonchev–Trinajstić information content (AvgIpc) is 3.36. The summed E-state index contributed by atoms with van der Waals surface area (Å²) in [4.78, 5) is 12.5. The summed E-state index contributed by atoms with van der Waals surface area (Å²) in [6, 6.07) is 3.04. The number of anilines is 1. The van der Waals surface area contributed by atoms with E-state index in [4.69, 9.17) is 34.8 Å². The predicted molar refractivity (Wildman–Crippen MR) is 108 cm³/mol. The van der Waals surface area contributed by atoms with Gasteiger partial charge in [0.05, 0.1) is 26.0 Å². The third-order valence-electron chi connectivity index (χ3n) is 3.92. The van der Waals surface area contributed by atoms with Crippen molar-refractivity contribution >= 4 is 58.2 Å². The number of nitrogens with one attached hydrogen (secondary N) is 1. The number of aromatic nitrogens is 3. The molecule has 138 valence electrons. The predicted octanol–water partition coefficient (Wildman–Crippen LogP) is 5.42. The van der Waals surface area contributed by atoms with Gasteiger partial charge in [-0.15, -0.1) is 16.8 Å². The molecule has 1 unspecified atom stereocenters. The molecule has 1 atom stereocenters. The first-order valence-corrected chi connectivity index (χ1v) is 10.1. The number of carbonyl (C=O) groups excluding carboxylic acids is 1. The summed E-state index contributed by atoms with van der Waals surface area (Å²) in [5.74, 6) is 1.22. The van der Waals surface area contributed by atoms with Crippen LogP contribution in [0.25, 0.3) is 0 Å². The van der Waals surface area contributed by atoms with Crippen LogP contribution in [-0.4, -0.2) is 25.9 Å². The van der Waals surface area contributed by atoms with Crippen LogP contribution in [0.15, 0.2) is 29.9 Å². The summed E-state index contributed by atoms with van der Waals surface area (Å²) in [6.07, 6.45) is 4.07. The Kier molecular flexibility index (Phi) is 6.17. The van der Waals surface area contributed by atoms with E-state index in [1.807, 2.05) is 4.57 Å². The van der Waals surface area contributed by atoms with E-state index in [9.17, 15) is 4.79 Å². The van der Waals surface area contributed by atoms with Gasteiger partial charge in [0.25, 0.3) is 0 Å². The molecule has 1 fully saturated rings. The lowest BCUT2D eigenvalue weighted by Gasteiger charge is -2.14. The van der Waals surface area contributed by atoms with E-state index >= 15 is 0 Å². The van der Waals surface area contributed by atoms with E-state index in [1.165, 1.54) is 23.9 Å². The Morgan fingerprint density at radius 2 is 2.04 bits per heavy atom. The Labute approximate surface area is 171 Å². The van der Waals surface area contributed by atoms with Crippen LogP contribution in [0.1, 0.15) is 31.5 Å². The molecule has 0 bridgehead atoms. The van der Waals surface area contributed by atoms with E-state index in [0.717, 1.165) is 18.7 Å². The van der Waals surface area contributed by atoms with Crippen LogP contribution in [-0.2, 0) is 11.3 Å². The fourth-order valence-corrected chi connectivity index (χ4v) is 3.86. The highest BCUT2D eigenvalue weighted by Crippen LogP contribution is 2.40. The first kappa shape index (κ1) is 19.5. The minimum absolute atomic E-state index is 0.212. The maximum Gasteiger partial charge on any atom is 0.237 e. The SMILES string of the molecule is C=CCn1c(SC(C)C(=O)Nc2cc(Cl)c(Cl)cc2Cl)nnc1C1CC1. The molecular weight excluding hydrogens is 415 g/mol. The van der Waals surface area contributed by atoms with Crippen LogP contribution >= 0.6 is 46.6 Å². The normalized spacial score (nSPS) is 14.9. The molecule has 1 N–H and O–H groups in total. The summed E-state index contributed by atoms with van der Waals surface area (Å²) in [7, 11) is 0. The van der Waals surface area contributed by atoms with Crippen LogP contribution in [0.4, 0.5) is 5.69 Å². The lowest BCUT2D eigenvalue weighted by Crippen LogP contribution is -2.23. The highest BCUT2D eigenvalue weighted by Gasteiger charge is 2.31. The van der Waals surface area contributed by atoms with E-state index in [-0.39, 0.29) is 5.91 Å². The number of hydrogen-bond donors (Lipinski definition) is 1. The van der Waals surface area contributed by atoms with Crippen molar-refractivity contribution < 1.29 is 4.79 Å². The number of amides is 1. The second kappa shape index (κ2) is 8.21. The first-order chi connectivity index (χ1) is 12.4. The van der Waals surface area contributed by atoms with E-state index in [1.54, 1.807) is 13.0 Å². The Bertz CT molecular complexity index is 851. The molecule has 1 aliphatic carbocycles. The highest BCUT2D eigenvalue weighted by molar-refractivity contribution is 8.00. The zero-order valence-electron chi connectivity index (χ0n) is 14.0. The largest absolute Gasteiger partial charge is 0.324 e. The minimum atomic E-state index is -0.402. The number of allylic oxidation sites excluding steroid dienone is 1. The first-order valence-electron chi connectivity index (χ1n) is 8.06. The fourth-order valence-electron chi connectivity index (χ4n) is 2.40. The van der Waals surface area contributed by atoms with Gasteiger partial charge in [0, 0.05) is 12.5 Å². The zero-order valence-corrected chi connectivity index (χ0v) is 17.1. The second-order valence-corrected chi connectivity index (χ2v) is 8.54. The van der Waals surface area contributed by atoms with E-state index < -0.39 is 5.25 Å². The number of halogens is 3. The van der Waals surface area contributed by atoms with Crippen LogP contribution in [0, 0.1) is 0 Å². The van der Waals surface area contributed by atoms with Crippen molar-refractivity contribution in [2.24, 2.45) is 0 Å². The van der Waals surface area contributed by atoms with Crippen molar-refractivity contribution in [3.05, 3.63) is 45.7 Å². The standard InChI is InChI=1S/C17H17Cl3N4OS/c1-3-6-24-15(10-4-5-10)22-23-17(24)26-9(2)16(25)21-14-8-12(19)11(18)7-13(14)20/h3,7-10H,1,4-6H2,2H3,(H,21,25). The second-order valence-electron chi connectivity index (χ2n) is 6.01. The van der Waals surface area contributed by atoms with Crippen molar-refractivity contribution in [2.45, 2.75) is 42.6 Å². The summed E-state index contributed by atoms with van der Waals surface area (Å²) in [6.45, 7) is 6.21. The molecule has 3 rings (SSSR count). The Morgan fingerprint density at radius 3 is 2.69 bits per heavy atom. The number of thioether (sulfide) groups is 1. The van der Waals surface area contributed by atoms with Crippen molar-refractivity contribution in [1.82, 2.24) is 14.8 Å². The molecule has 9 heteroatoms. The summed E-state index contributed by atoms with van der Waals surface area (Å²) in [5, 5.41) is 12.6. The lowest BCUT2D eigenvalue weighted by molar-refractivity contribution is -0.115. The van der Waals surface area contributed by atoms with Crippen molar-refractivity contribution in [3.8, 4) is 0 Å². The molecule has 1 aromatic heterocycles. The van der Waals surface area contributed by atoms with Gasteiger partial charge in [-0.05, 0) is 31.9 Å². The van der Waals surface area contributed by atoms with Gasteiger partial charge in [0.15, 0.2) is 5.16 Å². The molecule has 1 amide bonds. The van der Waals surface area contributed by atoms with E-state index in [2.05, 4.69) is 22.1 Å². The Hall–Kier alpha value is -1.21. The Morgan fingerprint density at radius 1 is 1.35 bits per heavy atom. The number of rotatable bonds is 7. The molecule has 26 heavy (non-hydrogen) atoms. The van der Waals surface area contributed by atoms with Gasteiger partial charge in [0.1, 0.15) is 5.82 Å². The summed E-state index contributed by atoms with van der Waals surface area (Å²) in [5.41, 5.74) is 0.421. The molecule has 2 aromatic rings. The monoisotopic (exact) mass is 430 g/mol. The van der Waals surface area contributed by atoms with Crippen molar-refractivity contribution in [1.29, 1.82) is 0 Å². The Balaban J connectivity index is 1.72. The minimum Gasteiger partial charge on any atom is -0.324 e. The number of carbonyl (C=O) groups is 1. The number of hydrogen-bond acceptors (Lipinski definition) is 4. The summed E-state index contributed by atoms with van der Waals surface area (Å²) >= 11 is 19.4. The molecule has 0 saturated heterocycles. The molecule has 5 nitrogen and oxygen atoms in total. The summed E-state index contributed by atoms with van der Waals surface area (Å²) < 4.78 is 2.02. The van der Waals surface area contributed by atoms with Gasteiger partial charge in [0.2, 0.25) is 5.91 Å². The van der Waals surface area contributed by atoms with Gasteiger partial charge >= 0.3 is 0 Å². The van der Waals surface area contributed by atoms with Gasteiger partial charge in [-0.25, -0.2) is 0 Å². The maximum atomic E-state index is 12.5. The van der Waals surface area contributed by atoms with Crippen LogP contribution < -0.4 is 5.32 Å². The van der Waals surface area contributed by atoms with Gasteiger partial charge in [-0.3, -0.25) is 4.79 Å². The quantitative estimate of drug-likeness (QED) is 0.361. The van der Waals surface area contributed by atoms with Gasteiger partial charge < -0.3 is 9.88 Å². The molecule has 0 radical (unpaired) electrons. The lowest BCUT2D eigenvalue weighted by atomic mass is 10.3. The van der Waals surface area contributed by atoms with Gasteiger partial charge in [-0.1, -0.05) is 52.6 Å². The average molecular weight is 432 g/mol. The third kappa shape index (κ3) is 4.36. The van der Waals surface area contributed by atoms with Gasteiger partial charge in [-0.2, -0.15) is 0 Å². The zero-order chi connectivity index (χ0) is 18.8.